The van der Waals surface area contributed by atoms with Crippen molar-refractivity contribution in [2.24, 2.45) is 0 Å². The molecule has 126 valence electrons. The third kappa shape index (κ3) is 4.64. The number of carbonyl (C=O) groups excluding carboxylic acids is 2. The summed E-state index contributed by atoms with van der Waals surface area (Å²) in [6, 6.07) is 3.16. The summed E-state index contributed by atoms with van der Waals surface area (Å²) in [6.45, 7) is -0.254. The van der Waals surface area contributed by atoms with E-state index in [0.29, 0.717) is 0 Å². The summed E-state index contributed by atoms with van der Waals surface area (Å²) in [4.78, 5) is 25.0. The number of methoxy groups -OCH3 is 1. The Balaban J connectivity index is 2.12. The first-order chi connectivity index (χ1) is 11.0. The summed E-state index contributed by atoms with van der Waals surface area (Å²) in [5.41, 5.74) is 0.128. The first-order valence-corrected chi connectivity index (χ1v) is 7.56. The van der Waals surface area contributed by atoms with Crippen LogP contribution in [0.5, 0.6) is 0 Å². The van der Waals surface area contributed by atoms with Gasteiger partial charge in [-0.05, 0) is 31.0 Å². The van der Waals surface area contributed by atoms with Crippen molar-refractivity contribution in [2.45, 2.75) is 38.3 Å². The molecule has 2 amide bonds. The molecule has 0 saturated heterocycles. The number of hydrogen-bond donors (Lipinski definition) is 1. The number of nitrogens with one attached hydrogen (secondary N) is 1. The minimum Gasteiger partial charge on any atom is -0.453 e. The zero-order valence-corrected chi connectivity index (χ0v) is 13.0. The predicted octanol–water partition coefficient (Wildman–Crippen LogP) is 2.59. The van der Waals surface area contributed by atoms with Gasteiger partial charge in [-0.25, -0.2) is 13.6 Å². The maximum Gasteiger partial charge on any atom is 0.407 e. The molecule has 0 radical (unpaired) electrons. The number of carbonyl (C=O) groups is 2. The van der Waals surface area contributed by atoms with Gasteiger partial charge >= 0.3 is 6.09 Å². The average Bonchev–Trinajstić information content (AvgIpc) is 3.07. The van der Waals surface area contributed by atoms with Gasteiger partial charge in [0, 0.05) is 18.2 Å². The van der Waals surface area contributed by atoms with E-state index in [0.717, 1.165) is 43.9 Å². The molecule has 0 aromatic heterocycles. The van der Waals surface area contributed by atoms with Crippen molar-refractivity contribution in [1.29, 1.82) is 0 Å². The summed E-state index contributed by atoms with van der Waals surface area (Å²) in [5, 5.41) is 2.33. The molecule has 0 atom stereocenters. The van der Waals surface area contributed by atoms with E-state index in [9.17, 15) is 18.4 Å². The van der Waals surface area contributed by atoms with Gasteiger partial charge in [0.15, 0.2) is 0 Å². The Morgan fingerprint density at radius 2 is 2.00 bits per heavy atom. The van der Waals surface area contributed by atoms with Crippen LogP contribution in [-0.4, -0.2) is 36.6 Å². The Morgan fingerprint density at radius 3 is 2.65 bits per heavy atom. The highest BCUT2D eigenvalue weighted by atomic mass is 19.1. The zero-order chi connectivity index (χ0) is 16.8. The van der Waals surface area contributed by atoms with Crippen LogP contribution < -0.4 is 5.32 Å². The largest absolute Gasteiger partial charge is 0.453 e. The van der Waals surface area contributed by atoms with Crippen LogP contribution in [0.4, 0.5) is 13.6 Å². The molecule has 0 unspecified atom stereocenters. The van der Waals surface area contributed by atoms with Gasteiger partial charge in [-0.15, -0.1) is 0 Å². The van der Waals surface area contributed by atoms with Crippen LogP contribution in [0.1, 0.15) is 31.2 Å². The van der Waals surface area contributed by atoms with Crippen molar-refractivity contribution in [2.75, 3.05) is 13.7 Å². The van der Waals surface area contributed by atoms with Crippen molar-refractivity contribution >= 4 is 12.0 Å². The molecule has 1 aromatic rings. The van der Waals surface area contributed by atoms with Gasteiger partial charge in [0.05, 0.1) is 7.11 Å². The monoisotopic (exact) mass is 326 g/mol. The molecule has 1 fully saturated rings. The standard InChI is InChI=1S/C16H20F2N2O3/c1-23-16(22)19-9-15(21)20(13-4-2-3-5-13)10-11-8-12(17)6-7-14(11)18/h6-8,13H,2-5,9-10H2,1H3,(H,19,22). The second kappa shape index (κ2) is 7.89. The molecule has 23 heavy (non-hydrogen) atoms. The lowest BCUT2D eigenvalue weighted by Gasteiger charge is -2.29. The molecular formula is C16H20F2N2O3. The second-order valence-corrected chi connectivity index (χ2v) is 5.54. The number of rotatable bonds is 5. The molecule has 1 aliphatic carbocycles. The van der Waals surface area contributed by atoms with Crippen LogP contribution in [0.2, 0.25) is 0 Å². The van der Waals surface area contributed by atoms with Gasteiger partial charge in [0.1, 0.15) is 18.2 Å². The average molecular weight is 326 g/mol. The van der Waals surface area contributed by atoms with E-state index in [1.807, 2.05) is 0 Å². The normalized spacial score (nSPS) is 14.6. The summed E-state index contributed by atoms with van der Waals surface area (Å²) in [7, 11) is 1.21. The van der Waals surface area contributed by atoms with Crippen molar-refractivity contribution in [3.63, 3.8) is 0 Å². The van der Waals surface area contributed by atoms with Crippen molar-refractivity contribution < 1.29 is 23.1 Å². The molecule has 1 aliphatic rings. The lowest BCUT2D eigenvalue weighted by Crippen LogP contribution is -2.44. The van der Waals surface area contributed by atoms with E-state index in [2.05, 4.69) is 10.1 Å². The first kappa shape index (κ1) is 17.2. The third-order valence-corrected chi connectivity index (χ3v) is 4.00. The smallest absolute Gasteiger partial charge is 0.407 e. The fourth-order valence-corrected chi connectivity index (χ4v) is 2.81. The summed E-state index contributed by atoms with van der Waals surface area (Å²) in [6.07, 6.45) is 2.92. The molecule has 0 bridgehead atoms. The van der Waals surface area contributed by atoms with Gasteiger partial charge in [0.25, 0.3) is 0 Å². The van der Waals surface area contributed by atoms with Crippen molar-refractivity contribution in [3.05, 3.63) is 35.4 Å². The quantitative estimate of drug-likeness (QED) is 0.905. The van der Waals surface area contributed by atoms with E-state index in [1.54, 1.807) is 0 Å². The minimum atomic E-state index is -0.707. The maximum absolute atomic E-state index is 13.9. The lowest BCUT2D eigenvalue weighted by molar-refractivity contribution is -0.133. The highest BCUT2D eigenvalue weighted by Crippen LogP contribution is 2.25. The van der Waals surface area contributed by atoms with E-state index in [1.165, 1.54) is 12.0 Å². The summed E-state index contributed by atoms with van der Waals surface area (Å²) < 4.78 is 31.6. The maximum atomic E-state index is 13.9. The highest BCUT2D eigenvalue weighted by molar-refractivity contribution is 5.82. The number of ether oxygens (including phenoxy) is 1. The number of alkyl carbamates (subject to hydrolysis) is 1. The Morgan fingerprint density at radius 1 is 1.30 bits per heavy atom. The lowest BCUT2D eigenvalue weighted by atomic mass is 10.1. The molecule has 0 spiro atoms. The van der Waals surface area contributed by atoms with Gasteiger partial charge < -0.3 is 15.0 Å². The van der Waals surface area contributed by atoms with Crippen molar-refractivity contribution in [3.8, 4) is 0 Å². The fraction of sp³-hybridized carbons (Fsp3) is 0.500. The molecule has 2 rings (SSSR count). The van der Waals surface area contributed by atoms with Crippen LogP contribution in [0.3, 0.4) is 0 Å². The van der Waals surface area contributed by atoms with Crippen LogP contribution in [0.25, 0.3) is 0 Å². The predicted molar refractivity (Wildman–Crippen MR) is 79.6 cm³/mol. The zero-order valence-electron chi connectivity index (χ0n) is 13.0. The summed E-state index contributed by atoms with van der Waals surface area (Å²) in [5.74, 6) is -1.44. The number of benzene rings is 1. The molecule has 1 aromatic carbocycles. The second-order valence-electron chi connectivity index (χ2n) is 5.54. The van der Waals surface area contributed by atoms with Gasteiger partial charge in [-0.1, -0.05) is 12.8 Å². The number of halogens is 2. The van der Waals surface area contributed by atoms with Crippen molar-refractivity contribution in [1.82, 2.24) is 10.2 Å². The molecule has 5 nitrogen and oxygen atoms in total. The van der Waals surface area contributed by atoms with Gasteiger partial charge in [-0.2, -0.15) is 0 Å². The highest BCUT2D eigenvalue weighted by Gasteiger charge is 2.27. The Labute approximate surface area is 133 Å². The van der Waals surface area contributed by atoms with Crippen LogP contribution >= 0.6 is 0 Å². The molecule has 0 heterocycles. The van der Waals surface area contributed by atoms with Crippen LogP contribution in [0, 0.1) is 11.6 Å². The Bertz CT molecular complexity index is 574. The fourth-order valence-electron chi connectivity index (χ4n) is 2.81. The van der Waals surface area contributed by atoms with Crippen LogP contribution in [0.15, 0.2) is 18.2 Å². The number of hydrogen-bond acceptors (Lipinski definition) is 3. The minimum absolute atomic E-state index is 0.0179. The summed E-state index contributed by atoms with van der Waals surface area (Å²) >= 11 is 0. The third-order valence-electron chi connectivity index (χ3n) is 4.00. The molecular weight excluding hydrogens is 306 g/mol. The van der Waals surface area contributed by atoms with E-state index in [4.69, 9.17) is 0 Å². The molecule has 0 aliphatic heterocycles. The van der Waals surface area contributed by atoms with Crippen LogP contribution in [-0.2, 0) is 16.1 Å². The van der Waals surface area contributed by atoms with Gasteiger partial charge in [0.2, 0.25) is 5.91 Å². The molecule has 7 heteroatoms. The SMILES string of the molecule is COC(=O)NCC(=O)N(Cc1cc(F)ccc1F)C1CCCC1. The Kier molecular flexibility index (Phi) is 5.90. The Hall–Kier alpha value is -2.18. The van der Waals surface area contributed by atoms with E-state index >= 15 is 0 Å². The van der Waals surface area contributed by atoms with E-state index in [-0.39, 0.29) is 30.6 Å². The van der Waals surface area contributed by atoms with Gasteiger partial charge in [-0.3, -0.25) is 4.79 Å². The molecule has 1 N–H and O–H groups in total. The first-order valence-electron chi connectivity index (χ1n) is 7.56. The number of nitrogens with zero attached hydrogens (tertiary/aromatic N) is 1. The topological polar surface area (TPSA) is 58.6 Å². The molecule has 1 saturated carbocycles. The number of amides is 2. The van der Waals surface area contributed by atoms with E-state index < -0.39 is 17.7 Å².